The lowest BCUT2D eigenvalue weighted by Crippen LogP contribution is -2.54. The van der Waals surface area contributed by atoms with Gasteiger partial charge in [0.2, 0.25) is 11.8 Å². The molecule has 0 unspecified atom stereocenters. The van der Waals surface area contributed by atoms with Gasteiger partial charge in [-0.2, -0.15) is 0 Å². The topological polar surface area (TPSA) is 86.8 Å². The maximum Gasteiger partial charge on any atom is 0.264 e. The van der Waals surface area contributed by atoms with E-state index in [4.69, 9.17) is 0 Å². The Bertz CT molecular complexity index is 1650. The van der Waals surface area contributed by atoms with Crippen LogP contribution in [0.4, 0.5) is 10.1 Å². The van der Waals surface area contributed by atoms with Crippen LogP contribution in [0.3, 0.4) is 0 Å². The molecule has 7 nitrogen and oxygen atoms in total. The Kier molecular flexibility index (Phi) is 10.9. The largest absolute Gasteiger partial charge is 0.352 e. The summed E-state index contributed by atoms with van der Waals surface area (Å²) in [5.41, 5.74) is 2.19. The van der Waals surface area contributed by atoms with Gasteiger partial charge in [0.15, 0.2) is 0 Å². The predicted molar refractivity (Wildman–Crippen MR) is 171 cm³/mol. The van der Waals surface area contributed by atoms with Crippen LogP contribution in [-0.4, -0.2) is 43.8 Å². The second-order valence-corrected chi connectivity index (χ2v) is 12.7. The number of nitrogens with one attached hydrogen (secondary N) is 1. The van der Waals surface area contributed by atoms with E-state index in [0.717, 1.165) is 15.4 Å². The molecule has 0 aliphatic carbocycles. The summed E-state index contributed by atoms with van der Waals surface area (Å²) in [6, 6.07) is 28.8. The number of aryl methyl sites for hydroxylation is 1. The van der Waals surface area contributed by atoms with Crippen molar-refractivity contribution in [2.75, 3.05) is 10.8 Å². The minimum atomic E-state index is -4.20. The zero-order chi connectivity index (χ0) is 31.7. The molecule has 4 aromatic carbocycles. The number of carbonyl (C=O) groups is 2. The number of hydrogen-bond donors (Lipinski definition) is 1. The van der Waals surface area contributed by atoms with E-state index in [9.17, 15) is 22.4 Å². The lowest BCUT2D eigenvalue weighted by molar-refractivity contribution is -0.140. The van der Waals surface area contributed by atoms with E-state index in [1.54, 1.807) is 60.7 Å². The third-order valence-electron chi connectivity index (χ3n) is 7.50. The van der Waals surface area contributed by atoms with E-state index in [1.165, 1.54) is 23.1 Å². The minimum Gasteiger partial charge on any atom is -0.352 e. The van der Waals surface area contributed by atoms with Gasteiger partial charge in [0.1, 0.15) is 18.4 Å². The van der Waals surface area contributed by atoms with Gasteiger partial charge in [-0.25, -0.2) is 12.8 Å². The van der Waals surface area contributed by atoms with Crippen LogP contribution in [0.15, 0.2) is 114 Å². The highest BCUT2D eigenvalue weighted by atomic mass is 32.2. The van der Waals surface area contributed by atoms with Crippen LogP contribution < -0.4 is 9.62 Å². The fourth-order valence-corrected chi connectivity index (χ4v) is 6.18. The SMILES string of the molecule is CC[C@@H](C)NC(=O)[C@@H](Cc1ccccc1)N(Cc1ccccc1F)C(=O)CN(c1ccccc1)S(=O)(=O)c1ccc(C)cc1. The van der Waals surface area contributed by atoms with Crippen LogP contribution in [0.25, 0.3) is 0 Å². The minimum absolute atomic E-state index is 0.0238. The van der Waals surface area contributed by atoms with E-state index < -0.39 is 40.2 Å². The quantitative estimate of drug-likeness (QED) is 0.203. The molecule has 1 N–H and O–H groups in total. The molecule has 0 saturated carbocycles. The van der Waals surface area contributed by atoms with Gasteiger partial charge in [-0.15, -0.1) is 0 Å². The molecule has 9 heteroatoms. The summed E-state index contributed by atoms with van der Waals surface area (Å²) in [7, 11) is -4.20. The average molecular weight is 616 g/mol. The molecule has 0 aromatic heterocycles. The van der Waals surface area contributed by atoms with E-state index in [-0.39, 0.29) is 35.2 Å². The average Bonchev–Trinajstić information content (AvgIpc) is 3.03. The summed E-state index contributed by atoms with van der Waals surface area (Å²) < 4.78 is 44.1. The van der Waals surface area contributed by atoms with Crippen molar-refractivity contribution in [1.29, 1.82) is 0 Å². The molecule has 0 radical (unpaired) electrons. The van der Waals surface area contributed by atoms with Crippen molar-refractivity contribution < 1.29 is 22.4 Å². The monoisotopic (exact) mass is 615 g/mol. The Morgan fingerprint density at radius 2 is 1.43 bits per heavy atom. The van der Waals surface area contributed by atoms with Crippen molar-refractivity contribution in [2.24, 2.45) is 0 Å². The van der Waals surface area contributed by atoms with Gasteiger partial charge in [-0.3, -0.25) is 13.9 Å². The number of amides is 2. The number of halogens is 1. The van der Waals surface area contributed by atoms with Gasteiger partial charge in [0.25, 0.3) is 10.0 Å². The summed E-state index contributed by atoms with van der Waals surface area (Å²) in [6.07, 6.45) is 0.820. The van der Waals surface area contributed by atoms with Gasteiger partial charge >= 0.3 is 0 Å². The maximum absolute atomic E-state index is 15.0. The predicted octanol–water partition coefficient (Wildman–Crippen LogP) is 5.88. The molecule has 44 heavy (non-hydrogen) atoms. The van der Waals surface area contributed by atoms with Crippen LogP contribution in [0.5, 0.6) is 0 Å². The molecule has 0 heterocycles. The van der Waals surface area contributed by atoms with Crippen molar-refractivity contribution in [3.8, 4) is 0 Å². The van der Waals surface area contributed by atoms with Gasteiger partial charge in [0.05, 0.1) is 10.6 Å². The van der Waals surface area contributed by atoms with Crippen molar-refractivity contribution in [3.05, 3.63) is 132 Å². The lowest BCUT2D eigenvalue weighted by Gasteiger charge is -2.34. The van der Waals surface area contributed by atoms with Crippen LogP contribution in [0.1, 0.15) is 37.0 Å². The third kappa shape index (κ3) is 8.11. The number of benzene rings is 4. The number of hydrogen-bond acceptors (Lipinski definition) is 4. The molecule has 0 spiro atoms. The van der Waals surface area contributed by atoms with Gasteiger partial charge in [-0.1, -0.05) is 91.3 Å². The summed E-state index contributed by atoms with van der Waals surface area (Å²) in [6.45, 7) is 4.83. The summed E-state index contributed by atoms with van der Waals surface area (Å²) in [4.78, 5) is 29.5. The molecule has 0 aliphatic rings. The molecule has 0 saturated heterocycles. The number of nitrogens with zero attached hydrogens (tertiary/aromatic N) is 2. The molecular formula is C35H38FN3O4S. The standard InChI is InChI=1S/C35H38FN3O4S/c1-4-27(3)37-35(41)33(23-28-13-7-5-8-14-28)38(24-29-15-11-12-18-32(29)36)34(40)25-39(30-16-9-6-10-17-30)44(42,43)31-21-19-26(2)20-22-31/h5-22,27,33H,4,23-25H2,1-3H3,(H,37,41)/t27-,33-/m1/s1. The fraction of sp³-hybridized carbons (Fsp3) is 0.257. The molecule has 0 fully saturated rings. The summed E-state index contributed by atoms with van der Waals surface area (Å²) in [5, 5.41) is 2.97. The van der Waals surface area contributed by atoms with Crippen LogP contribution in [0.2, 0.25) is 0 Å². The van der Waals surface area contributed by atoms with Crippen molar-refractivity contribution in [1.82, 2.24) is 10.2 Å². The number of anilines is 1. The zero-order valence-electron chi connectivity index (χ0n) is 25.2. The number of sulfonamides is 1. The van der Waals surface area contributed by atoms with Gasteiger partial charge in [0, 0.05) is 24.6 Å². The number of rotatable bonds is 13. The van der Waals surface area contributed by atoms with Crippen LogP contribution in [-0.2, 0) is 32.6 Å². The summed E-state index contributed by atoms with van der Waals surface area (Å²) >= 11 is 0. The van der Waals surface area contributed by atoms with Crippen molar-refractivity contribution >= 4 is 27.5 Å². The Hall–Kier alpha value is -4.50. The molecule has 2 atom stereocenters. The molecular weight excluding hydrogens is 577 g/mol. The number of para-hydroxylation sites is 1. The first kappa shape index (κ1) is 32.4. The third-order valence-corrected chi connectivity index (χ3v) is 9.29. The normalized spacial score (nSPS) is 12.6. The summed E-state index contributed by atoms with van der Waals surface area (Å²) in [5.74, 6) is -1.58. The lowest BCUT2D eigenvalue weighted by atomic mass is 10.0. The number of carbonyl (C=O) groups excluding carboxylic acids is 2. The Labute approximate surface area is 259 Å². The zero-order valence-corrected chi connectivity index (χ0v) is 26.0. The molecule has 4 rings (SSSR count). The Morgan fingerprint density at radius 3 is 2.05 bits per heavy atom. The molecule has 0 bridgehead atoms. The Balaban J connectivity index is 1.80. The highest BCUT2D eigenvalue weighted by molar-refractivity contribution is 7.92. The first-order valence-electron chi connectivity index (χ1n) is 14.6. The van der Waals surface area contributed by atoms with E-state index >= 15 is 0 Å². The van der Waals surface area contributed by atoms with Crippen LogP contribution >= 0.6 is 0 Å². The van der Waals surface area contributed by atoms with Crippen molar-refractivity contribution in [2.45, 2.75) is 57.1 Å². The smallest absolute Gasteiger partial charge is 0.264 e. The molecule has 4 aromatic rings. The molecule has 2 amide bonds. The fourth-order valence-electron chi connectivity index (χ4n) is 4.77. The van der Waals surface area contributed by atoms with E-state index in [2.05, 4.69) is 5.32 Å². The highest BCUT2D eigenvalue weighted by Crippen LogP contribution is 2.25. The van der Waals surface area contributed by atoms with E-state index in [0.29, 0.717) is 6.42 Å². The second-order valence-electron chi connectivity index (χ2n) is 10.8. The molecule has 0 aliphatic heterocycles. The Morgan fingerprint density at radius 1 is 0.841 bits per heavy atom. The van der Waals surface area contributed by atoms with Crippen LogP contribution in [0, 0.1) is 12.7 Å². The highest BCUT2D eigenvalue weighted by Gasteiger charge is 2.35. The first-order chi connectivity index (χ1) is 21.1. The second kappa shape index (κ2) is 14.8. The van der Waals surface area contributed by atoms with Gasteiger partial charge < -0.3 is 10.2 Å². The van der Waals surface area contributed by atoms with E-state index in [1.807, 2.05) is 51.1 Å². The first-order valence-corrected chi connectivity index (χ1v) is 16.1. The maximum atomic E-state index is 15.0. The van der Waals surface area contributed by atoms with Gasteiger partial charge in [-0.05, 0) is 56.2 Å². The van der Waals surface area contributed by atoms with Crippen molar-refractivity contribution in [3.63, 3.8) is 0 Å². The molecule has 230 valence electrons.